The fraction of sp³-hybridized carbons (Fsp3) is 0.571. The lowest BCUT2D eigenvalue weighted by Gasteiger charge is -2.30. The molecule has 1 aromatic carbocycles. The number of fused-ring (bicyclic) bond motifs is 1. The van der Waals surface area contributed by atoms with Crippen molar-refractivity contribution in [2.45, 2.75) is 38.1 Å². The van der Waals surface area contributed by atoms with E-state index < -0.39 is 0 Å². The van der Waals surface area contributed by atoms with Crippen LogP contribution >= 0.6 is 0 Å². The van der Waals surface area contributed by atoms with Crippen LogP contribution in [0.1, 0.15) is 42.7 Å². The number of hydrogen-bond acceptors (Lipinski definition) is 1. The Kier molecular flexibility index (Phi) is 2.49. The van der Waals surface area contributed by atoms with Crippen LogP contribution in [0.3, 0.4) is 0 Å². The average molecular weight is 201 g/mol. The highest BCUT2D eigenvalue weighted by Gasteiger charge is 2.29. The van der Waals surface area contributed by atoms with E-state index in [1.54, 1.807) is 5.56 Å². The van der Waals surface area contributed by atoms with E-state index in [-0.39, 0.29) is 0 Å². The van der Waals surface area contributed by atoms with Crippen molar-refractivity contribution in [3.05, 3.63) is 35.4 Å². The molecule has 1 aromatic rings. The smallest absolute Gasteiger partial charge is 0.0208 e. The zero-order valence-electron chi connectivity index (χ0n) is 9.21. The first-order valence-electron chi connectivity index (χ1n) is 6.23. The third kappa shape index (κ3) is 1.69. The van der Waals surface area contributed by atoms with Crippen LogP contribution < -0.4 is 5.32 Å². The molecule has 3 rings (SSSR count). The summed E-state index contributed by atoms with van der Waals surface area (Å²) in [7, 11) is 0. The van der Waals surface area contributed by atoms with E-state index >= 15 is 0 Å². The van der Waals surface area contributed by atoms with Gasteiger partial charge >= 0.3 is 0 Å². The summed E-state index contributed by atoms with van der Waals surface area (Å²) >= 11 is 0. The van der Waals surface area contributed by atoms with E-state index in [0.29, 0.717) is 0 Å². The van der Waals surface area contributed by atoms with Crippen molar-refractivity contribution in [1.29, 1.82) is 0 Å². The molecule has 1 aliphatic carbocycles. The lowest BCUT2D eigenvalue weighted by molar-refractivity contribution is 0.391. The van der Waals surface area contributed by atoms with Crippen LogP contribution in [0, 0.1) is 5.92 Å². The molecular formula is C14H19N. The summed E-state index contributed by atoms with van der Waals surface area (Å²) in [4.78, 5) is 0. The highest BCUT2D eigenvalue weighted by molar-refractivity contribution is 5.33. The Labute approximate surface area is 91.9 Å². The van der Waals surface area contributed by atoms with Crippen LogP contribution in [-0.4, -0.2) is 6.54 Å². The van der Waals surface area contributed by atoms with Crippen LogP contribution in [0.4, 0.5) is 0 Å². The summed E-state index contributed by atoms with van der Waals surface area (Å²) in [6, 6.07) is 8.99. The third-order valence-electron chi connectivity index (χ3n) is 4.10. The van der Waals surface area contributed by atoms with Gasteiger partial charge in [0.25, 0.3) is 0 Å². The number of rotatable bonds is 1. The van der Waals surface area contributed by atoms with Crippen molar-refractivity contribution >= 4 is 0 Å². The fourth-order valence-corrected chi connectivity index (χ4v) is 3.31. The minimum atomic E-state index is 0.789. The minimum absolute atomic E-state index is 0.789. The highest BCUT2D eigenvalue weighted by Crippen LogP contribution is 2.39. The third-order valence-corrected chi connectivity index (χ3v) is 4.10. The predicted molar refractivity (Wildman–Crippen MR) is 62.8 cm³/mol. The molecule has 1 heterocycles. The van der Waals surface area contributed by atoms with E-state index in [1.165, 1.54) is 37.8 Å². The van der Waals surface area contributed by atoms with Gasteiger partial charge in [-0.3, -0.25) is 0 Å². The molecule has 1 heteroatoms. The van der Waals surface area contributed by atoms with E-state index in [2.05, 4.69) is 29.6 Å². The average Bonchev–Trinajstić information content (AvgIpc) is 2.82. The molecule has 1 aliphatic heterocycles. The molecular weight excluding hydrogens is 182 g/mol. The summed E-state index contributed by atoms with van der Waals surface area (Å²) in [5.41, 5.74) is 3.16. The molecule has 0 radical (unpaired) electrons. The van der Waals surface area contributed by atoms with Crippen LogP contribution in [0.15, 0.2) is 24.3 Å². The molecule has 0 aromatic heterocycles. The minimum Gasteiger partial charge on any atom is -0.312 e. The van der Waals surface area contributed by atoms with Crippen molar-refractivity contribution in [3.8, 4) is 0 Å². The second-order valence-corrected chi connectivity index (χ2v) is 4.98. The summed E-state index contributed by atoms with van der Waals surface area (Å²) < 4.78 is 0. The van der Waals surface area contributed by atoms with E-state index in [0.717, 1.165) is 18.4 Å². The maximum atomic E-state index is 3.57. The summed E-state index contributed by atoms with van der Waals surface area (Å²) in [5, 5.41) is 3.57. The van der Waals surface area contributed by atoms with Gasteiger partial charge in [0.15, 0.2) is 0 Å². The van der Waals surface area contributed by atoms with Gasteiger partial charge in [-0.15, -0.1) is 0 Å². The van der Waals surface area contributed by atoms with Gasteiger partial charge in [-0.05, 0) is 35.8 Å². The second kappa shape index (κ2) is 3.97. The first-order chi connectivity index (χ1) is 7.45. The fourth-order valence-electron chi connectivity index (χ4n) is 3.31. The maximum absolute atomic E-state index is 3.57. The summed E-state index contributed by atoms with van der Waals surface area (Å²) in [6.45, 7) is 2.26. The van der Waals surface area contributed by atoms with Gasteiger partial charge in [-0.25, -0.2) is 0 Å². The summed E-state index contributed by atoms with van der Waals surface area (Å²) in [5.74, 6) is 1.73. The Morgan fingerprint density at radius 1 is 1.07 bits per heavy atom. The molecule has 15 heavy (non-hydrogen) atoms. The topological polar surface area (TPSA) is 12.0 Å². The van der Waals surface area contributed by atoms with Crippen LogP contribution in [0.25, 0.3) is 0 Å². The molecule has 0 amide bonds. The van der Waals surface area contributed by atoms with Gasteiger partial charge in [-0.2, -0.15) is 0 Å². The lowest BCUT2D eigenvalue weighted by Crippen LogP contribution is -2.31. The summed E-state index contributed by atoms with van der Waals surface area (Å²) in [6.07, 6.45) is 5.79. The van der Waals surface area contributed by atoms with Gasteiger partial charge in [0.1, 0.15) is 0 Å². The Balaban J connectivity index is 1.91. The standard InChI is InChI=1S/C14H19N/c1-2-6-11(5-1)14-10-15-9-12-7-3-4-8-13(12)14/h3-4,7-8,11,14-15H,1-2,5-6,9-10H2. The van der Waals surface area contributed by atoms with Gasteiger partial charge in [0, 0.05) is 13.1 Å². The van der Waals surface area contributed by atoms with E-state index in [1.807, 2.05) is 0 Å². The molecule has 1 saturated carbocycles. The normalized spacial score (nSPS) is 26.5. The van der Waals surface area contributed by atoms with Gasteiger partial charge in [0.2, 0.25) is 0 Å². The number of benzene rings is 1. The first kappa shape index (κ1) is 9.41. The van der Waals surface area contributed by atoms with E-state index in [4.69, 9.17) is 0 Å². The molecule has 0 bridgehead atoms. The predicted octanol–water partition coefficient (Wildman–Crippen LogP) is 3.06. The van der Waals surface area contributed by atoms with Gasteiger partial charge in [-0.1, -0.05) is 37.1 Å². The molecule has 1 nitrogen and oxygen atoms in total. The molecule has 80 valence electrons. The maximum Gasteiger partial charge on any atom is 0.0208 e. The van der Waals surface area contributed by atoms with Crippen molar-refractivity contribution in [1.82, 2.24) is 5.32 Å². The molecule has 0 spiro atoms. The SMILES string of the molecule is c1ccc2c(c1)CNCC2C1CCCC1. The van der Waals surface area contributed by atoms with E-state index in [9.17, 15) is 0 Å². The highest BCUT2D eigenvalue weighted by atomic mass is 14.9. The Bertz CT molecular complexity index is 339. The quantitative estimate of drug-likeness (QED) is 0.736. The largest absolute Gasteiger partial charge is 0.312 e. The first-order valence-corrected chi connectivity index (χ1v) is 6.23. The molecule has 1 fully saturated rings. The monoisotopic (exact) mass is 201 g/mol. The van der Waals surface area contributed by atoms with Gasteiger partial charge < -0.3 is 5.32 Å². The zero-order chi connectivity index (χ0) is 10.1. The molecule has 0 saturated heterocycles. The second-order valence-electron chi connectivity index (χ2n) is 4.98. The Morgan fingerprint density at radius 2 is 1.87 bits per heavy atom. The molecule has 2 aliphatic rings. The van der Waals surface area contributed by atoms with Crippen molar-refractivity contribution in [3.63, 3.8) is 0 Å². The zero-order valence-corrected chi connectivity index (χ0v) is 9.21. The van der Waals surface area contributed by atoms with Crippen LogP contribution in [0.2, 0.25) is 0 Å². The lowest BCUT2D eigenvalue weighted by atomic mass is 9.80. The molecule has 1 atom stereocenters. The Morgan fingerprint density at radius 3 is 2.73 bits per heavy atom. The number of nitrogens with one attached hydrogen (secondary N) is 1. The molecule has 1 unspecified atom stereocenters. The number of hydrogen-bond donors (Lipinski definition) is 1. The Hall–Kier alpha value is -0.820. The van der Waals surface area contributed by atoms with Gasteiger partial charge in [0.05, 0.1) is 0 Å². The van der Waals surface area contributed by atoms with Crippen LogP contribution in [0.5, 0.6) is 0 Å². The van der Waals surface area contributed by atoms with Crippen LogP contribution in [-0.2, 0) is 6.54 Å². The molecule has 1 N–H and O–H groups in total. The van der Waals surface area contributed by atoms with Crippen molar-refractivity contribution in [2.75, 3.05) is 6.54 Å². The van der Waals surface area contributed by atoms with Crippen molar-refractivity contribution in [2.24, 2.45) is 5.92 Å². The van der Waals surface area contributed by atoms with Crippen molar-refractivity contribution < 1.29 is 0 Å².